The Kier molecular flexibility index (Phi) is 5.48. The van der Waals surface area contributed by atoms with E-state index >= 15 is 0 Å². The highest BCUT2D eigenvalue weighted by Gasteiger charge is 2.40. The van der Waals surface area contributed by atoms with Gasteiger partial charge in [-0.25, -0.2) is 17.8 Å². The van der Waals surface area contributed by atoms with Gasteiger partial charge in [0.2, 0.25) is 10.0 Å². The topological polar surface area (TPSA) is 56.8 Å². The average molecular weight is 445 g/mol. The van der Waals surface area contributed by atoms with E-state index in [1.54, 1.807) is 0 Å². The van der Waals surface area contributed by atoms with Crippen LogP contribution in [-0.4, -0.2) is 60.9 Å². The molecule has 0 amide bonds. The minimum Gasteiger partial charge on any atom is -0.348 e. The van der Waals surface area contributed by atoms with Crippen molar-refractivity contribution in [1.82, 2.24) is 14.2 Å². The molecule has 0 spiro atoms. The van der Waals surface area contributed by atoms with E-state index in [4.69, 9.17) is 4.98 Å². The molecule has 2 unspecified atom stereocenters. The van der Waals surface area contributed by atoms with Crippen LogP contribution in [0.25, 0.3) is 0 Å². The van der Waals surface area contributed by atoms with Crippen LogP contribution in [0.15, 0.2) is 36.4 Å². The second-order valence-corrected chi connectivity index (χ2v) is 10.9. The van der Waals surface area contributed by atoms with Crippen LogP contribution >= 0.6 is 0 Å². The number of piperazine rings is 1. The Balaban J connectivity index is 1.31. The number of aromatic nitrogens is 1. The van der Waals surface area contributed by atoms with Crippen LogP contribution < -0.4 is 4.90 Å². The summed E-state index contributed by atoms with van der Waals surface area (Å²) in [4.78, 5) is 10.0. The highest BCUT2D eigenvalue weighted by molar-refractivity contribution is 7.88. The molecule has 8 heteroatoms. The van der Waals surface area contributed by atoms with Gasteiger partial charge in [0, 0.05) is 50.4 Å². The number of benzene rings is 1. The maximum absolute atomic E-state index is 13.1. The van der Waals surface area contributed by atoms with Crippen LogP contribution in [0, 0.1) is 5.82 Å². The molecule has 2 bridgehead atoms. The summed E-state index contributed by atoms with van der Waals surface area (Å²) in [6, 6.07) is 10.9. The van der Waals surface area contributed by atoms with Gasteiger partial charge in [0.1, 0.15) is 11.6 Å². The van der Waals surface area contributed by atoms with E-state index in [-0.39, 0.29) is 11.6 Å². The van der Waals surface area contributed by atoms with Crippen molar-refractivity contribution in [2.45, 2.75) is 50.6 Å². The van der Waals surface area contributed by atoms with E-state index in [9.17, 15) is 12.8 Å². The molecule has 3 aliphatic rings. The normalized spacial score (nSPS) is 24.4. The van der Waals surface area contributed by atoms with Crippen molar-refractivity contribution in [3.8, 4) is 0 Å². The minimum atomic E-state index is -3.47. The molecule has 0 aliphatic carbocycles. The number of sulfonamides is 1. The van der Waals surface area contributed by atoms with Crippen molar-refractivity contribution >= 4 is 15.8 Å². The van der Waals surface area contributed by atoms with Crippen LogP contribution in [-0.2, 0) is 28.7 Å². The number of anilines is 1. The molecule has 1 aromatic carbocycles. The molecule has 31 heavy (non-hydrogen) atoms. The first-order valence-corrected chi connectivity index (χ1v) is 12.8. The minimum absolute atomic E-state index is 0.112. The van der Waals surface area contributed by atoms with Crippen LogP contribution in [0.5, 0.6) is 0 Å². The molecule has 5 rings (SSSR count). The Bertz CT molecular complexity index is 1050. The van der Waals surface area contributed by atoms with E-state index < -0.39 is 10.0 Å². The number of rotatable bonds is 5. The van der Waals surface area contributed by atoms with Gasteiger partial charge in [-0.05, 0) is 48.7 Å². The first kappa shape index (κ1) is 20.8. The zero-order chi connectivity index (χ0) is 21.6. The number of fused-ring (bicyclic) bond motifs is 3. The number of halogens is 1. The number of likely N-dealkylation sites (tertiary alicyclic amines) is 1. The van der Waals surface area contributed by atoms with Crippen LogP contribution in [0.3, 0.4) is 0 Å². The van der Waals surface area contributed by atoms with Crippen LogP contribution in [0.4, 0.5) is 10.2 Å². The molecule has 2 aromatic rings. The second-order valence-electron chi connectivity index (χ2n) is 8.89. The zero-order valence-corrected chi connectivity index (χ0v) is 18.7. The fourth-order valence-electron chi connectivity index (χ4n) is 5.27. The molecule has 2 saturated heterocycles. The molecule has 0 saturated carbocycles. The van der Waals surface area contributed by atoms with E-state index in [1.807, 2.05) is 0 Å². The SMILES string of the molecule is CCN1CC2CCC(C1)N2c1ccc2c(n1)CCN(S(=O)(=O)Cc1ccc(F)cc1)C2. The summed E-state index contributed by atoms with van der Waals surface area (Å²) in [6.07, 6.45) is 3.06. The molecule has 0 radical (unpaired) electrons. The van der Waals surface area contributed by atoms with Crippen molar-refractivity contribution in [2.24, 2.45) is 0 Å². The van der Waals surface area contributed by atoms with Gasteiger partial charge >= 0.3 is 0 Å². The Morgan fingerprint density at radius 2 is 1.77 bits per heavy atom. The predicted molar refractivity (Wildman–Crippen MR) is 119 cm³/mol. The van der Waals surface area contributed by atoms with Gasteiger partial charge in [-0.3, -0.25) is 4.90 Å². The van der Waals surface area contributed by atoms with Crippen molar-refractivity contribution in [2.75, 3.05) is 31.1 Å². The van der Waals surface area contributed by atoms with E-state index in [1.165, 1.54) is 41.4 Å². The lowest BCUT2D eigenvalue weighted by Crippen LogP contribution is -2.54. The van der Waals surface area contributed by atoms with E-state index in [2.05, 4.69) is 28.9 Å². The van der Waals surface area contributed by atoms with Gasteiger partial charge < -0.3 is 4.90 Å². The first-order valence-electron chi connectivity index (χ1n) is 11.1. The highest BCUT2D eigenvalue weighted by atomic mass is 32.2. The molecule has 2 fully saturated rings. The Morgan fingerprint density at radius 1 is 1.06 bits per heavy atom. The molecular weight excluding hydrogens is 415 g/mol. The van der Waals surface area contributed by atoms with Crippen molar-refractivity contribution in [3.05, 3.63) is 59.0 Å². The molecule has 2 atom stereocenters. The Hall–Kier alpha value is -2.03. The smallest absolute Gasteiger partial charge is 0.218 e. The number of nitrogens with zero attached hydrogens (tertiary/aromatic N) is 4. The lowest BCUT2D eigenvalue weighted by atomic mass is 10.1. The summed E-state index contributed by atoms with van der Waals surface area (Å²) in [7, 11) is -3.47. The Morgan fingerprint density at radius 3 is 2.45 bits per heavy atom. The molecule has 0 N–H and O–H groups in total. The van der Waals surface area contributed by atoms with Gasteiger partial charge in [0.25, 0.3) is 0 Å². The fraction of sp³-hybridized carbons (Fsp3) is 0.522. The van der Waals surface area contributed by atoms with Crippen molar-refractivity contribution in [3.63, 3.8) is 0 Å². The lowest BCUT2D eigenvalue weighted by Gasteiger charge is -2.42. The maximum Gasteiger partial charge on any atom is 0.218 e. The van der Waals surface area contributed by atoms with Crippen molar-refractivity contribution < 1.29 is 12.8 Å². The molecule has 3 aliphatic heterocycles. The lowest BCUT2D eigenvalue weighted by molar-refractivity contribution is 0.229. The van der Waals surface area contributed by atoms with Gasteiger partial charge in [-0.1, -0.05) is 25.1 Å². The number of hydrogen-bond acceptors (Lipinski definition) is 5. The zero-order valence-electron chi connectivity index (χ0n) is 17.9. The largest absolute Gasteiger partial charge is 0.348 e. The maximum atomic E-state index is 13.1. The first-order chi connectivity index (χ1) is 14.9. The highest BCUT2D eigenvalue weighted by Crippen LogP contribution is 2.35. The number of hydrogen-bond donors (Lipinski definition) is 0. The third-order valence-electron chi connectivity index (χ3n) is 6.92. The third-order valence-corrected chi connectivity index (χ3v) is 8.72. The third kappa shape index (κ3) is 4.08. The molecular formula is C23H29FN4O2S. The average Bonchev–Trinajstić information content (AvgIpc) is 3.03. The van der Waals surface area contributed by atoms with Gasteiger partial charge in [0.15, 0.2) is 0 Å². The molecule has 4 heterocycles. The fourth-order valence-corrected chi connectivity index (χ4v) is 6.77. The summed E-state index contributed by atoms with van der Waals surface area (Å²) in [5, 5.41) is 0. The second kappa shape index (κ2) is 8.15. The predicted octanol–water partition coefficient (Wildman–Crippen LogP) is 2.78. The van der Waals surface area contributed by atoms with Gasteiger partial charge in [-0.2, -0.15) is 4.31 Å². The van der Waals surface area contributed by atoms with Crippen LogP contribution in [0.1, 0.15) is 36.6 Å². The van der Waals surface area contributed by atoms with Crippen LogP contribution in [0.2, 0.25) is 0 Å². The molecule has 6 nitrogen and oxygen atoms in total. The van der Waals surface area contributed by atoms with E-state index in [0.29, 0.717) is 37.2 Å². The summed E-state index contributed by atoms with van der Waals surface area (Å²) < 4.78 is 40.5. The van der Waals surface area contributed by atoms with E-state index in [0.717, 1.165) is 36.7 Å². The van der Waals surface area contributed by atoms with Gasteiger partial charge in [-0.15, -0.1) is 0 Å². The number of pyridine rings is 1. The van der Waals surface area contributed by atoms with Gasteiger partial charge in [0.05, 0.1) is 5.75 Å². The molecule has 166 valence electrons. The summed E-state index contributed by atoms with van der Waals surface area (Å²) in [6.45, 7) is 6.30. The summed E-state index contributed by atoms with van der Waals surface area (Å²) in [5.41, 5.74) is 2.60. The number of likely N-dealkylation sites (N-methyl/N-ethyl adjacent to an activating group) is 1. The quantitative estimate of drug-likeness (QED) is 0.710. The molecule has 1 aromatic heterocycles. The standard InChI is InChI=1S/C23H29FN4O2S/c1-2-26-14-20-8-9-21(15-26)28(20)23-10-5-18-13-27(12-11-22(18)25-23)31(29,30)16-17-3-6-19(24)7-4-17/h3-7,10,20-21H,2,8-9,11-16H2,1H3. The summed E-state index contributed by atoms with van der Waals surface area (Å²) in [5.74, 6) is 0.572. The Labute approximate surface area is 183 Å². The van der Waals surface area contributed by atoms with Crippen molar-refractivity contribution in [1.29, 1.82) is 0 Å². The monoisotopic (exact) mass is 444 g/mol. The summed E-state index contributed by atoms with van der Waals surface area (Å²) >= 11 is 0.